The molecule has 96 valence electrons. The molecule has 0 amide bonds. The molecule has 0 aliphatic carbocycles. The SMILES string of the molecule is Cc1csc(C(C)NC2CC(C)OC(C)C2)n1. The zero-order chi connectivity index (χ0) is 12.4. The second-order valence-electron chi connectivity index (χ2n) is 5.14. The molecule has 1 aromatic rings. The van der Waals surface area contributed by atoms with E-state index in [-0.39, 0.29) is 0 Å². The third-order valence-electron chi connectivity index (χ3n) is 3.19. The van der Waals surface area contributed by atoms with Gasteiger partial charge in [0.05, 0.1) is 18.2 Å². The number of rotatable bonds is 3. The molecule has 1 saturated heterocycles. The van der Waals surface area contributed by atoms with Gasteiger partial charge in [-0.05, 0) is 40.5 Å². The van der Waals surface area contributed by atoms with Crippen molar-refractivity contribution in [3.05, 3.63) is 16.1 Å². The third-order valence-corrected chi connectivity index (χ3v) is 4.34. The Morgan fingerprint density at radius 3 is 2.59 bits per heavy atom. The molecule has 4 heteroatoms. The summed E-state index contributed by atoms with van der Waals surface area (Å²) in [5, 5.41) is 6.98. The van der Waals surface area contributed by atoms with Crippen LogP contribution < -0.4 is 5.32 Å². The van der Waals surface area contributed by atoms with Crippen molar-refractivity contribution in [3.63, 3.8) is 0 Å². The Bertz CT molecular complexity index is 356. The molecule has 0 bridgehead atoms. The molecular weight excluding hydrogens is 232 g/mol. The van der Waals surface area contributed by atoms with Crippen LogP contribution in [-0.4, -0.2) is 23.2 Å². The second-order valence-corrected chi connectivity index (χ2v) is 6.03. The summed E-state index contributed by atoms with van der Waals surface area (Å²) >= 11 is 1.74. The van der Waals surface area contributed by atoms with Crippen LogP contribution in [0.4, 0.5) is 0 Å². The molecule has 0 spiro atoms. The molecule has 1 aliphatic rings. The van der Waals surface area contributed by atoms with E-state index in [2.05, 4.69) is 36.5 Å². The number of nitrogens with zero attached hydrogens (tertiary/aromatic N) is 1. The summed E-state index contributed by atoms with van der Waals surface area (Å²) in [5.41, 5.74) is 1.12. The molecular formula is C13H22N2OS. The molecule has 0 radical (unpaired) electrons. The van der Waals surface area contributed by atoms with Gasteiger partial charge in [-0.15, -0.1) is 11.3 Å². The Labute approximate surface area is 108 Å². The smallest absolute Gasteiger partial charge is 0.110 e. The Morgan fingerprint density at radius 1 is 1.41 bits per heavy atom. The first-order valence-electron chi connectivity index (χ1n) is 6.38. The van der Waals surface area contributed by atoms with Crippen molar-refractivity contribution in [2.24, 2.45) is 0 Å². The highest BCUT2D eigenvalue weighted by Crippen LogP contribution is 2.23. The van der Waals surface area contributed by atoms with E-state index in [4.69, 9.17) is 4.74 Å². The first-order valence-corrected chi connectivity index (χ1v) is 7.26. The quantitative estimate of drug-likeness (QED) is 0.900. The van der Waals surface area contributed by atoms with Gasteiger partial charge in [-0.1, -0.05) is 0 Å². The monoisotopic (exact) mass is 254 g/mol. The van der Waals surface area contributed by atoms with Crippen LogP contribution in [0.5, 0.6) is 0 Å². The average molecular weight is 254 g/mol. The summed E-state index contributed by atoms with van der Waals surface area (Å²) in [6.07, 6.45) is 2.92. The molecule has 0 aromatic carbocycles. The fourth-order valence-electron chi connectivity index (χ4n) is 2.54. The van der Waals surface area contributed by atoms with Crippen LogP contribution >= 0.6 is 11.3 Å². The van der Waals surface area contributed by atoms with Gasteiger partial charge in [0.2, 0.25) is 0 Å². The third kappa shape index (κ3) is 3.50. The standard InChI is InChI=1S/C13H22N2OS/c1-8-7-17-13(14-8)11(4)15-12-5-9(2)16-10(3)6-12/h7,9-12,15H,5-6H2,1-4H3. The minimum atomic E-state index is 0.344. The molecule has 2 heterocycles. The summed E-state index contributed by atoms with van der Waals surface area (Å²) in [6, 6.07) is 0.893. The molecule has 1 aromatic heterocycles. The van der Waals surface area contributed by atoms with Crippen molar-refractivity contribution in [2.75, 3.05) is 0 Å². The van der Waals surface area contributed by atoms with Crippen LogP contribution in [-0.2, 0) is 4.74 Å². The van der Waals surface area contributed by atoms with Gasteiger partial charge in [0.1, 0.15) is 5.01 Å². The first-order chi connectivity index (χ1) is 8.04. The largest absolute Gasteiger partial charge is 0.375 e. The normalized spacial score (nSPS) is 31.4. The number of hydrogen-bond acceptors (Lipinski definition) is 4. The van der Waals surface area contributed by atoms with E-state index < -0.39 is 0 Å². The topological polar surface area (TPSA) is 34.1 Å². The number of nitrogens with one attached hydrogen (secondary N) is 1. The van der Waals surface area contributed by atoms with Crippen LogP contribution in [0.25, 0.3) is 0 Å². The fourth-order valence-corrected chi connectivity index (χ4v) is 3.35. The van der Waals surface area contributed by atoms with Gasteiger partial charge in [-0.25, -0.2) is 4.98 Å². The van der Waals surface area contributed by atoms with E-state index in [0.717, 1.165) is 18.5 Å². The number of aromatic nitrogens is 1. The summed E-state index contributed by atoms with van der Waals surface area (Å²) in [6.45, 7) is 8.56. The lowest BCUT2D eigenvalue weighted by atomic mass is 9.99. The van der Waals surface area contributed by atoms with Gasteiger partial charge < -0.3 is 10.1 Å². The Kier molecular flexibility index (Phi) is 4.17. The van der Waals surface area contributed by atoms with E-state index in [1.807, 2.05) is 6.92 Å². The van der Waals surface area contributed by atoms with Crippen molar-refractivity contribution in [3.8, 4) is 0 Å². The maximum Gasteiger partial charge on any atom is 0.110 e. The van der Waals surface area contributed by atoms with Crippen LogP contribution in [0.3, 0.4) is 0 Å². The van der Waals surface area contributed by atoms with Crippen molar-refractivity contribution < 1.29 is 4.74 Å². The van der Waals surface area contributed by atoms with Gasteiger partial charge in [0.15, 0.2) is 0 Å². The highest BCUT2D eigenvalue weighted by molar-refractivity contribution is 7.09. The second kappa shape index (κ2) is 5.46. The molecule has 1 fully saturated rings. The van der Waals surface area contributed by atoms with Crippen molar-refractivity contribution in [1.29, 1.82) is 0 Å². The average Bonchev–Trinajstić information content (AvgIpc) is 2.63. The summed E-state index contributed by atoms with van der Waals surface area (Å²) in [5.74, 6) is 0. The molecule has 17 heavy (non-hydrogen) atoms. The Hall–Kier alpha value is -0.450. The van der Waals surface area contributed by atoms with Gasteiger partial charge >= 0.3 is 0 Å². The lowest BCUT2D eigenvalue weighted by Crippen LogP contribution is -2.42. The summed E-state index contributed by atoms with van der Waals surface area (Å²) in [4.78, 5) is 4.54. The predicted octanol–water partition coefficient (Wildman–Crippen LogP) is 3.06. The molecule has 3 unspecified atom stereocenters. The van der Waals surface area contributed by atoms with Gasteiger partial charge in [0.25, 0.3) is 0 Å². The minimum Gasteiger partial charge on any atom is -0.375 e. The summed E-state index contributed by atoms with van der Waals surface area (Å²) < 4.78 is 5.75. The van der Waals surface area contributed by atoms with E-state index in [0.29, 0.717) is 24.3 Å². The van der Waals surface area contributed by atoms with E-state index in [9.17, 15) is 0 Å². The van der Waals surface area contributed by atoms with E-state index >= 15 is 0 Å². The lowest BCUT2D eigenvalue weighted by Gasteiger charge is -2.34. The van der Waals surface area contributed by atoms with Crippen molar-refractivity contribution >= 4 is 11.3 Å². The van der Waals surface area contributed by atoms with E-state index in [1.165, 1.54) is 5.01 Å². The van der Waals surface area contributed by atoms with Crippen LogP contribution in [0.15, 0.2) is 5.38 Å². The Morgan fingerprint density at radius 2 is 2.06 bits per heavy atom. The molecule has 0 saturated carbocycles. The number of aryl methyl sites for hydroxylation is 1. The number of ether oxygens (including phenoxy) is 1. The number of thiazole rings is 1. The highest BCUT2D eigenvalue weighted by Gasteiger charge is 2.25. The molecule has 3 atom stereocenters. The lowest BCUT2D eigenvalue weighted by molar-refractivity contribution is -0.0433. The fraction of sp³-hybridized carbons (Fsp3) is 0.769. The molecule has 1 N–H and O–H groups in total. The van der Waals surface area contributed by atoms with E-state index in [1.54, 1.807) is 11.3 Å². The maximum atomic E-state index is 5.75. The van der Waals surface area contributed by atoms with Crippen molar-refractivity contribution in [1.82, 2.24) is 10.3 Å². The molecule has 1 aliphatic heterocycles. The number of hydrogen-bond donors (Lipinski definition) is 1. The van der Waals surface area contributed by atoms with Gasteiger partial charge in [-0.3, -0.25) is 0 Å². The van der Waals surface area contributed by atoms with Crippen LogP contribution in [0.1, 0.15) is 50.4 Å². The highest BCUT2D eigenvalue weighted by atomic mass is 32.1. The van der Waals surface area contributed by atoms with Gasteiger partial charge in [-0.2, -0.15) is 0 Å². The zero-order valence-corrected chi connectivity index (χ0v) is 11.9. The predicted molar refractivity (Wildman–Crippen MR) is 71.4 cm³/mol. The van der Waals surface area contributed by atoms with Crippen LogP contribution in [0, 0.1) is 6.92 Å². The molecule has 2 rings (SSSR count). The minimum absolute atomic E-state index is 0.344. The zero-order valence-electron chi connectivity index (χ0n) is 11.1. The van der Waals surface area contributed by atoms with Gasteiger partial charge in [0, 0.05) is 17.1 Å². The Balaban J connectivity index is 1.92. The maximum absolute atomic E-state index is 5.75. The van der Waals surface area contributed by atoms with Crippen molar-refractivity contribution in [2.45, 2.75) is 64.8 Å². The first kappa shape index (κ1) is 13.0. The summed E-state index contributed by atoms with van der Waals surface area (Å²) in [7, 11) is 0. The molecule has 3 nitrogen and oxygen atoms in total. The van der Waals surface area contributed by atoms with Crippen LogP contribution in [0.2, 0.25) is 0 Å².